The third-order valence-corrected chi connectivity index (χ3v) is 6.31. The molecule has 1 aromatic rings. The second-order valence-corrected chi connectivity index (χ2v) is 7.71. The Balaban J connectivity index is 1.58. The Labute approximate surface area is 113 Å². The van der Waals surface area contributed by atoms with Gasteiger partial charge in [0.05, 0.1) is 0 Å². The zero-order valence-electron chi connectivity index (χ0n) is 10.7. The number of Topliss-reactive ketones (excluding diaryl/α,β-unsaturated/α-hetero) is 1. The van der Waals surface area contributed by atoms with Gasteiger partial charge in [0.25, 0.3) is 0 Å². The summed E-state index contributed by atoms with van der Waals surface area (Å²) in [6, 6.07) is 2.11. The van der Waals surface area contributed by atoms with Crippen LogP contribution in [0, 0.1) is 23.2 Å². The molecule has 2 heteroatoms. The van der Waals surface area contributed by atoms with Crippen LogP contribution in [0.25, 0.3) is 0 Å². The van der Waals surface area contributed by atoms with E-state index in [9.17, 15) is 4.79 Å². The molecule has 5 rings (SSSR count). The van der Waals surface area contributed by atoms with Crippen molar-refractivity contribution in [3.8, 4) is 0 Å². The Morgan fingerprint density at radius 2 is 1.78 bits per heavy atom. The molecule has 4 aliphatic carbocycles. The predicted molar refractivity (Wildman–Crippen MR) is 73.6 cm³/mol. The Morgan fingerprint density at radius 3 is 2.28 bits per heavy atom. The minimum atomic E-state index is 0.0939. The van der Waals surface area contributed by atoms with Gasteiger partial charge in [-0.15, -0.1) is 0 Å². The van der Waals surface area contributed by atoms with Crippen molar-refractivity contribution in [1.29, 1.82) is 0 Å². The van der Waals surface area contributed by atoms with Crippen LogP contribution < -0.4 is 0 Å². The van der Waals surface area contributed by atoms with Gasteiger partial charge in [0.2, 0.25) is 0 Å². The molecule has 0 saturated heterocycles. The molecule has 4 aliphatic rings. The smallest absolute Gasteiger partial charge is 0.143 e. The maximum absolute atomic E-state index is 12.8. The van der Waals surface area contributed by atoms with E-state index in [0.717, 1.165) is 17.8 Å². The average Bonchev–Trinajstić information content (AvgIpc) is 2.79. The molecule has 0 spiro atoms. The van der Waals surface area contributed by atoms with Gasteiger partial charge in [0, 0.05) is 11.8 Å². The highest BCUT2D eigenvalue weighted by Gasteiger charge is 2.53. The molecule has 4 bridgehead atoms. The Hall–Kier alpha value is -0.630. The number of thiophene rings is 1. The zero-order chi connectivity index (χ0) is 12.2. The van der Waals surface area contributed by atoms with Gasteiger partial charge >= 0.3 is 0 Å². The maximum Gasteiger partial charge on any atom is 0.143 e. The molecule has 0 aliphatic heterocycles. The van der Waals surface area contributed by atoms with Crippen molar-refractivity contribution in [2.24, 2.45) is 23.2 Å². The summed E-state index contributed by atoms with van der Waals surface area (Å²) in [6.45, 7) is 0. The van der Waals surface area contributed by atoms with Crippen LogP contribution >= 0.6 is 11.3 Å². The lowest BCUT2D eigenvalue weighted by Gasteiger charge is -2.56. The first-order valence-electron chi connectivity index (χ1n) is 7.28. The predicted octanol–water partition coefficient (Wildman–Crippen LogP) is 4.08. The molecule has 1 aromatic heterocycles. The summed E-state index contributed by atoms with van der Waals surface area (Å²) in [6.07, 6.45) is 8.59. The van der Waals surface area contributed by atoms with Gasteiger partial charge in [0.1, 0.15) is 5.78 Å². The average molecular weight is 260 g/mol. The van der Waals surface area contributed by atoms with Crippen molar-refractivity contribution in [1.82, 2.24) is 0 Å². The van der Waals surface area contributed by atoms with Crippen molar-refractivity contribution < 1.29 is 4.79 Å². The van der Waals surface area contributed by atoms with E-state index in [1.807, 2.05) is 0 Å². The van der Waals surface area contributed by atoms with Crippen LogP contribution in [0.1, 0.15) is 44.1 Å². The molecule has 0 radical (unpaired) electrons. The molecular weight excluding hydrogens is 240 g/mol. The van der Waals surface area contributed by atoms with Crippen LogP contribution in [-0.2, 0) is 11.2 Å². The summed E-state index contributed by atoms with van der Waals surface area (Å²) >= 11 is 1.71. The Kier molecular flexibility index (Phi) is 2.45. The number of ketones is 1. The summed E-state index contributed by atoms with van der Waals surface area (Å²) in [4.78, 5) is 12.8. The molecule has 1 heterocycles. The first kappa shape index (κ1) is 11.2. The standard InChI is InChI=1S/C16H20OS/c17-15(6-11-1-2-18-10-11)16-7-12-3-13(8-16)5-14(4-12)9-16/h1-2,10,12-14H,3-9H2. The minimum Gasteiger partial charge on any atom is -0.299 e. The fourth-order valence-electron chi connectivity index (χ4n) is 5.22. The van der Waals surface area contributed by atoms with Gasteiger partial charge in [-0.2, -0.15) is 11.3 Å². The van der Waals surface area contributed by atoms with Crippen LogP contribution in [0.3, 0.4) is 0 Å². The normalized spacial score (nSPS) is 41.2. The van der Waals surface area contributed by atoms with Gasteiger partial charge in [-0.25, -0.2) is 0 Å². The lowest BCUT2D eigenvalue weighted by Crippen LogP contribution is -2.50. The van der Waals surface area contributed by atoms with Gasteiger partial charge < -0.3 is 0 Å². The van der Waals surface area contributed by atoms with Crippen molar-refractivity contribution >= 4 is 17.1 Å². The topological polar surface area (TPSA) is 17.1 Å². The number of hydrogen-bond donors (Lipinski definition) is 0. The fourth-order valence-corrected chi connectivity index (χ4v) is 5.89. The van der Waals surface area contributed by atoms with Gasteiger partial charge in [-0.3, -0.25) is 4.79 Å². The van der Waals surface area contributed by atoms with Crippen molar-refractivity contribution in [2.45, 2.75) is 44.9 Å². The van der Waals surface area contributed by atoms with Crippen molar-refractivity contribution in [3.63, 3.8) is 0 Å². The molecule has 4 fully saturated rings. The first-order chi connectivity index (χ1) is 8.73. The van der Waals surface area contributed by atoms with Crippen LogP contribution in [0.15, 0.2) is 16.8 Å². The molecule has 0 amide bonds. The van der Waals surface area contributed by atoms with E-state index in [4.69, 9.17) is 0 Å². The van der Waals surface area contributed by atoms with E-state index >= 15 is 0 Å². The van der Waals surface area contributed by atoms with Gasteiger partial charge in [-0.1, -0.05) is 0 Å². The number of carbonyl (C=O) groups is 1. The maximum atomic E-state index is 12.8. The summed E-state index contributed by atoms with van der Waals surface area (Å²) in [5, 5.41) is 4.22. The van der Waals surface area contributed by atoms with Crippen molar-refractivity contribution in [2.75, 3.05) is 0 Å². The highest BCUT2D eigenvalue weighted by atomic mass is 32.1. The molecule has 4 saturated carbocycles. The molecule has 0 atom stereocenters. The molecular formula is C16H20OS. The lowest BCUT2D eigenvalue weighted by molar-refractivity contribution is -0.143. The van der Waals surface area contributed by atoms with Crippen LogP contribution in [0.4, 0.5) is 0 Å². The second kappa shape index (κ2) is 3.93. The minimum absolute atomic E-state index is 0.0939. The van der Waals surface area contributed by atoms with E-state index in [2.05, 4.69) is 16.8 Å². The van der Waals surface area contributed by atoms with E-state index in [0.29, 0.717) is 12.2 Å². The summed E-state index contributed by atoms with van der Waals surface area (Å²) in [5.74, 6) is 3.19. The molecule has 1 nitrogen and oxygen atoms in total. The molecule has 0 aromatic carbocycles. The van der Waals surface area contributed by atoms with E-state index in [1.165, 1.54) is 44.1 Å². The third-order valence-electron chi connectivity index (χ3n) is 5.57. The van der Waals surface area contributed by atoms with Crippen LogP contribution in [-0.4, -0.2) is 5.78 Å². The van der Waals surface area contributed by atoms with Gasteiger partial charge in [-0.05, 0) is 78.7 Å². The van der Waals surface area contributed by atoms with Crippen LogP contribution in [0.2, 0.25) is 0 Å². The van der Waals surface area contributed by atoms with Crippen LogP contribution in [0.5, 0.6) is 0 Å². The second-order valence-electron chi connectivity index (χ2n) is 6.93. The summed E-state index contributed by atoms with van der Waals surface area (Å²) in [5.41, 5.74) is 1.33. The highest BCUT2D eigenvalue weighted by molar-refractivity contribution is 7.08. The zero-order valence-corrected chi connectivity index (χ0v) is 11.5. The Morgan fingerprint density at radius 1 is 1.17 bits per heavy atom. The Bertz CT molecular complexity index is 424. The fraction of sp³-hybridized carbons (Fsp3) is 0.688. The molecule has 96 valence electrons. The SMILES string of the molecule is O=C(Cc1ccsc1)C12CC3CC(CC(C3)C1)C2. The highest BCUT2D eigenvalue weighted by Crippen LogP contribution is 2.60. The lowest BCUT2D eigenvalue weighted by atomic mass is 9.48. The van der Waals surface area contributed by atoms with E-state index < -0.39 is 0 Å². The number of rotatable bonds is 3. The number of carbonyl (C=O) groups excluding carboxylic acids is 1. The van der Waals surface area contributed by atoms with Crippen molar-refractivity contribution in [3.05, 3.63) is 22.4 Å². The quantitative estimate of drug-likeness (QED) is 0.800. The molecule has 0 unspecified atom stereocenters. The molecule has 0 N–H and O–H groups in total. The van der Waals surface area contributed by atoms with E-state index in [-0.39, 0.29) is 5.41 Å². The largest absolute Gasteiger partial charge is 0.299 e. The summed E-state index contributed by atoms with van der Waals surface area (Å²) in [7, 11) is 0. The monoisotopic (exact) mass is 260 g/mol. The molecule has 18 heavy (non-hydrogen) atoms. The summed E-state index contributed by atoms with van der Waals surface area (Å²) < 4.78 is 0. The van der Waals surface area contributed by atoms with Gasteiger partial charge in [0.15, 0.2) is 0 Å². The number of hydrogen-bond acceptors (Lipinski definition) is 2. The first-order valence-corrected chi connectivity index (χ1v) is 8.22. The van der Waals surface area contributed by atoms with E-state index in [1.54, 1.807) is 11.3 Å². The third kappa shape index (κ3) is 1.69.